The van der Waals surface area contributed by atoms with Gasteiger partial charge in [-0.3, -0.25) is 4.79 Å². The van der Waals surface area contributed by atoms with Gasteiger partial charge in [0.05, 0.1) is 18.1 Å². The highest BCUT2D eigenvalue weighted by atomic mass is 16.5. The molecule has 1 amide bonds. The lowest BCUT2D eigenvalue weighted by Gasteiger charge is -2.34. The number of carbonyl (C=O) groups is 2. The lowest BCUT2D eigenvalue weighted by molar-refractivity contribution is -0.128. The van der Waals surface area contributed by atoms with E-state index < -0.39 is 11.4 Å². The zero-order chi connectivity index (χ0) is 27.7. The first kappa shape index (κ1) is 28.0. The molecule has 8 heteroatoms. The predicted molar refractivity (Wildman–Crippen MR) is 153 cm³/mol. The molecule has 1 atom stereocenters. The summed E-state index contributed by atoms with van der Waals surface area (Å²) >= 11 is 0. The maximum Gasteiger partial charge on any atom is 0.337 e. The molecule has 1 unspecified atom stereocenters. The standard InChI is InChI=1S/C30H33N5O3/c1-6-32-35-20(2)33-29(37)30(3,4)27(21-10-8-7-9-11-21)23-14-17-26(24(18-23)19-31)34-25-15-12-22(13-16-25)28(36)38-5/h6-19,27,31,34H,1-5H3,(H,33,35,37)/b31-19?,32-6-. The van der Waals surface area contributed by atoms with Gasteiger partial charge in [0.1, 0.15) is 5.84 Å². The van der Waals surface area contributed by atoms with E-state index in [2.05, 4.69) is 20.8 Å². The van der Waals surface area contributed by atoms with Crippen LogP contribution in [0.4, 0.5) is 11.4 Å². The third-order valence-electron chi connectivity index (χ3n) is 6.21. The van der Waals surface area contributed by atoms with Crippen LogP contribution in [0, 0.1) is 10.8 Å². The molecule has 0 saturated heterocycles. The van der Waals surface area contributed by atoms with Gasteiger partial charge in [0.15, 0.2) is 0 Å². The lowest BCUT2D eigenvalue weighted by Crippen LogP contribution is -2.43. The predicted octanol–water partition coefficient (Wildman–Crippen LogP) is 5.91. The van der Waals surface area contributed by atoms with Crippen molar-refractivity contribution in [1.82, 2.24) is 5.32 Å². The summed E-state index contributed by atoms with van der Waals surface area (Å²) in [5, 5.41) is 22.1. The van der Waals surface area contributed by atoms with Crippen molar-refractivity contribution in [1.29, 1.82) is 5.41 Å². The molecule has 0 fully saturated rings. The van der Waals surface area contributed by atoms with Crippen LogP contribution in [0.3, 0.4) is 0 Å². The fraction of sp³-hybridized carbons (Fsp3) is 0.233. The first-order valence-electron chi connectivity index (χ1n) is 12.2. The molecule has 0 bridgehead atoms. The first-order chi connectivity index (χ1) is 18.2. The molecule has 3 N–H and O–H groups in total. The third kappa shape index (κ3) is 6.59. The van der Waals surface area contributed by atoms with Crippen LogP contribution in [0.15, 0.2) is 83.0 Å². The Labute approximate surface area is 223 Å². The fourth-order valence-corrected chi connectivity index (χ4v) is 4.25. The Morgan fingerprint density at radius 3 is 2.29 bits per heavy atom. The van der Waals surface area contributed by atoms with Gasteiger partial charge in [0.2, 0.25) is 5.91 Å². The maximum atomic E-state index is 13.5. The van der Waals surface area contributed by atoms with Crippen LogP contribution in [-0.4, -0.2) is 37.3 Å². The largest absolute Gasteiger partial charge is 0.465 e. The summed E-state index contributed by atoms with van der Waals surface area (Å²) < 4.78 is 4.76. The number of amides is 1. The van der Waals surface area contributed by atoms with Gasteiger partial charge in [-0.25, -0.2) is 4.79 Å². The first-order valence-corrected chi connectivity index (χ1v) is 12.2. The Hall–Kier alpha value is -4.59. The van der Waals surface area contributed by atoms with Crippen molar-refractivity contribution in [3.05, 3.63) is 95.1 Å². The minimum atomic E-state index is -0.869. The number of anilines is 2. The van der Waals surface area contributed by atoms with Crippen LogP contribution in [0.25, 0.3) is 0 Å². The smallest absolute Gasteiger partial charge is 0.337 e. The Morgan fingerprint density at radius 2 is 1.68 bits per heavy atom. The van der Waals surface area contributed by atoms with Gasteiger partial charge >= 0.3 is 5.97 Å². The van der Waals surface area contributed by atoms with E-state index in [0.29, 0.717) is 17.0 Å². The number of ether oxygens (including phenoxy) is 1. The number of nitrogens with zero attached hydrogens (tertiary/aromatic N) is 2. The van der Waals surface area contributed by atoms with E-state index in [1.807, 2.05) is 62.4 Å². The molecule has 0 aliphatic rings. The van der Waals surface area contributed by atoms with Crippen molar-refractivity contribution < 1.29 is 14.3 Å². The molecule has 3 aromatic rings. The summed E-state index contributed by atoms with van der Waals surface area (Å²) in [4.78, 5) is 25.2. The van der Waals surface area contributed by atoms with Crippen LogP contribution < -0.4 is 10.6 Å². The Kier molecular flexibility index (Phi) is 9.27. The normalized spacial score (nSPS) is 12.6. The van der Waals surface area contributed by atoms with E-state index in [1.165, 1.54) is 13.3 Å². The second kappa shape index (κ2) is 12.6. The number of rotatable bonds is 9. The van der Waals surface area contributed by atoms with Gasteiger partial charge < -0.3 is 20.8 Å². The lowest BCUT2D eigenvalue weighted by atomic mass is 9.70. The van der Waals surface area contributed by atoms with E-state index in [9.17, 15) is 9.59 Å². The number of methoxy groups -OCH3 is 1. The summed E-state index contributed by atoms with van der Waals surface area (Å²) in [5.74, 6) is -0.494. The SMILES string of the molecule is C/C=N\N=C(/C)NC(=O)C(C)(C)C(c1ccccc1)c1ccc(Nc2ccc(C(=O)OC)cc2)c(C=N)c1. The minimum absolute atomic E-state index is 0.191. The summed E-state index contributed by atoms with van der Waals surface area (Å²) in [6, 6.07) is 22.5. The number of hydrogen-bond acceptors (Lipinski definition) is 7. The van der Waals surface area contributed by atoms with E-state index >= 15 is 0 Å². The molecule has 38 heavy (non-hydrogen) atoms. The van der Waals surface area contributed by atoms with Crippen molar-refractivity contribution in [2.45, 2.75) is 33.6 Å². The van der Waals surface area contributed by atoms with Crippen molar-refractivity contribution in [3.8, 4) is 0 Å². The molecule has 3 aromatic carbocycles. The molecule has 0 spiro atoms. The third-order valence-corrected chi connectivity index (χ3v) is 6.21. The number of amidine groups is 1. The average Bonchev–Trinajstić information content (AvgIpc) is 2.93. The number of benzene rings is 3. The Balaban J connectivity index is 1.98. The van der Waals surface area contributed by atoms with E-state index in [1.54, 1.807) is 44.3 Å². The molecule has 3 rings (SSSR count). The second-order valence-electron chi connectivity index (χ2n) is 9.26. The van der Waals surface area contributed by atoms with Crippen LogP contribution >= 0.6 is 0 Å². The number of nitrogens with one attached hydrogen (secondary N) is 3. The number of hydrogen-bond donors (Lipinski definition) is 3. The second-order valence-corrected chi connectivity index (χ2v) is 9.26. The summed E-state index contributed by atoms with van der Waals surface area (Å²) in [6.45, 7) is 7.25. The highest BCUT2D eigenvalue weighted by Crippen LogP contribution is 2.42. The van der Waals surface area contributed by atoms with E-state index in [-0.39, 0.29) is 11.8 Å². The highest BCUT2D eigenvalue weighted by Gasteiger charge is 2.39. The minimum Gasteiger partial charge on any atom is -0.465 e. The Bertz CT molecular complexity index is 1350. The summed E-state index contributed by atoms with van der Waals surface area (Å²) in [7, 11) is 1.34. The monoisotopic (exact) mass is 511 g/mol. The van der Waals surface area contributed by atoms with Crippen LogP contribution in [-0.2, 0) is 9.53 Å². The molecule has 0 saturated carbocycles. The van der Waals surface area contributed by atoms with Gasteiger partial charge in [-0.2, -0.15) is 5.10 Å². The van der Waals surface area contributed by atoms with Gasteiger partial charge in [-0.15, -0.1) is 5.10 Å². The van der Waals surface area contributed by atoms with Crippen molar-refractivity contribution >= 4 is 41.5 Å². The molecule has 0 aliphatic carbocycles. The highest BCUT2D eigenvalue weighted by molar-refractivity contribution is 6.00. The zero-order valence-corrected chi connectivity index (χ0v) is 22.3. The molecule has 196 valence electrons. The van der Waals surface area contributed by atoms with Crippen molar-refractivity contribution in [2.24, 2.45) is 15.6 Å². The molecular formula is C30H33N5O3. The van der Waals surface area contributed by atoms with E-state index in [4.69, 9.17) is 10.1 Å². The molecule has 0 aliphatic heterocycles. The van der Waals surface area contributed by atoms with Gasteiger partial charge in [0.25, 0.3) is 0 Å². The van der Waals surface area contributed by atoms with Crippen LogP contribution in [0.1, 0.15) is 60.7 Å². The summed E-state index contributed by atoms with van der Waals surface area (Å²) in [6.07, 6.45) is 2.83. The average molecular weight is 512 g/mol. The zero-order valence-electron chi connectivity index (χ0n) is 22.3. The topological polar surface area (TPSA) is 116 Å². The van der Waals surface area contributed by atoms with Gasteiger partial charge in [-0.1, -0.05) is 50.2 Å². The number of carbonyl (C=O) groups excluding carboxylic acids is 2. The number of esters is 1. The molecule has 8 nitrogen and oxygen atoms in total. The van der Waals surface area contributed by atoms with Crippen molar-refractivity contribution in [3.63, 3.8) is 0 Å². The molecule has 0 radical (unpaired) electrons. The maximum absolute atomic E-state index is 13.5. The summed E-state index contributed by atoms with van der Waals surface area (Å²) in [5.41, 5.74) is 3.60. The van der Waals surface area contributed by atoms with Gasteiger partial charge in [0, 0.05) is 35.3 Å². The van der Waals surface area contributed by atoms with E-state index in [0.717, 1.165) is 22.5 Å². The van der Waals surface area contributed by atoms with Crippen LogP contribution in [0.5, 0.6) is 0 Å². The molecule has 0 heterocycles. The quantitative estimate of drug-likeness (QED) is 0.143. The fourth-order valence-electron chi connectivity index (χ4n) is 4.25. The van der Waals surface area contributed by atoms with Gasteiger partial charge in [-0.05, 0) is 61.4 Å². The van der Waals surface area contributed by atoms with Crippen molar-refractivity contribution in [2.75, 3.05) is 12.4 Å². The molecular weight excluding hydrogens is 478 g/mol. The van der Waals surface area contributed by atoms with Crippen LogP contribution in [0.2, 0.25) is 0 Å². The Morgan fingerprint density at radius 1 is 1.00 bits per heavy atom. The molecule has 0 aromatic heterocycles.